The average molecular weight is 365 g/mol. The lowest BCUT2D eigenvalue weighted by Gasteiger charge is -2.24. The van der Waals surface area contributed by atoms with E-state index in [0.717, 1.165) is 0 Å². The summed E-state index contributed by atoms with van der Waals surface area (Å²) in [7, 11) is 0. The number of nitrogens with one attached hydrogen (secondary N) is 1. The Morgan fingerprint density at radius 2 is 1.85 bits per heavy atom. The third-order valence-electron chi connectivity index (χ3n) is 3.81. The van der Waals surface area contributed by atoms with Gasteiger partial charge >= 0.3 is 12.1 Å². The monoisotopic (exact) mass is 365 g/mol. The van der Waals surface area contributed by atoms with Crippen LogP contribution >= 0.6 is 0 Å². The number of hydrogen-bond acceptors (Lipinski definition) is 7. The molecule has 0 aliphatic heterocycles. The third-order valence-corrected chi connectivity index (χ3v) is 3.81. The Kier molecular flexibility index (Phi) is 5.81. The summed E-state index contributed by atoms with van der Waals surface area (Å²) in [5.41, 5.74) is 5.35. The van der Waals surface area contributed by atoms with Gasteiger partial charge in [-0.1, -0.05) is 0 Å². The van der Waals surface area contributed by atoms with Crippen LogP contribution in [0.15, 0.2) is 24.3 Å². The van der Waals surface area contributed by atoms with Gasteiger partial charge in [0.25, 0.3) is 5.69 Å². The molecule has 0 radical (unpaired) electrons. The molecule has 1 saturated carbocycles. The summed E-state index contributed by atoms with van der Waals surface area (Å²) in [5, 5.41) is 13.4. The minimum atomic E-state index is -0.643. The van der Waals surface area contributed by atoms with Crippen molar-refractivity contribution in [2.75, 3.05) is 0 Å². The Labute approximate surface area is 151 Å². The number of non-ortho nitro benzene ring substituents is 1. The van der Waals surface area contributed by atoms with E-state index in [9.17, 15) is 19.7 Å². The van der Waals surface area contributed by atoms with Crippen LogP contribution in [0, 0.1) is 10.1 Å². The number of carbonyl (C=O) groups is 2. The van der Waals surface area contributed by atoms with E-state index in [0.29, 0.717) is 12.8 Å². The number of nitrogens with two attached hydrogens (primary N) is 1. The van der Waals surface area contributed by atoms with Crippen molar-refractivity contribution < 1.29 is 24.0 Å². The Balaban J connectivity index is 2.00. The maximum absolute atomic E-state index is 12.3. The van der Waals surface area contributed by atoms with Gasteiger partial charge in [0.15, 0.2) is 0 Å². The first-order valence-electron chi connectivity index (χ1n) is 8.25. The van der Waals surface area contributed by atoms with Crippen LogP contribution in [-0.2, 0) is 9.47 Å². The normalized spacial score (nSPS) is 22.5. The van der Waals surface area contributed by atoms with E-state index >= 15 is 0 Å². The van der Waals surface area contributed by atoms with Gasteiger partial charge in [0, 0.05) is 24.6 Å². The number of ether oxygens (including phenoxy) is 2. The summed E-state index contributed by atoms with van der Waals surface area (Å²) in [4.78, 5) is 34.3. The van der Waals surface area contributed by atoms with Gasteiger partial charge in [-0.05, 0) is 39.3 Å². The molecule has 0 spiro atoms. The van der Waals surface area contributed by atoms with Crippen molar-refractivity contribution in [1.29, 1.82) is 0 Å². The molecule has 1 aromatic carbocycles. The highest BCUT2D eigenvalue weighted by Crippen LogP contribution is 2.24. The molecule has 3 atom stereocenters. The Morgan fingerprint density at radius 1 is 1.23 bits per heavy atom. The molecule has 1 aliphatic rings. The minimum Gasteiger partial charge on any atom is -0.457 e. The molecule has 26 heavy (non-hydrogen) atoms. The number of nitrogens with zero attached hydrogens (tertiary/aromatic N) is 1. The quantitative estimate of drug-likeness (QED) is 0.474. The first-order valence-corrected chi connectivity index (χ1v) is 8.25. The standard InChI is InChI=1S/C17H23N3O6/c1-17(2,3)26-16(22)19-13-8-11(18)9-14(13)25-15(21)10-4-6-12(7-5-10)20(23)24/h4-7,11,13-14H,8-9,18H2,1-3H3,(H,19,22)/t11-,13+,14?/m1/s1. The predicted octanol–water partition coefficient (Wildman–Crippen LogP) is 2.13. The largest absolute Gasteiger partial charge is 0.457 e. The second-order valence-corrected chi connectivity index (χ2v) is 7.23. The van der Waals surface area contributed by atoms with Crippen LogP contribution in [0.5, 0.6) is 0 Å². The van der Waals surface area contributed by atoms with Crippen molar-refractivity contribution in [2.45, 2.75) is 57.4 Å². The van der Waals surface area contributed by atoms with Gasteiger partial charge in [-0.25, -0.2) is 9.59 Å². The zero-order chi connectivity index (χ0) is 19.5. The number of esters is 1. The molecule has 2 rings (SSSR count). The van der Waals surface area contributed by atoms with Gasteiger partial charge in [-0.2, -0.15) is 0 Å². The molecule has 1 aliphatic carbocycles. The first-order chi connectivity index (χ1) is 12.0. The molecule has 142 valence electrons. The predicted molar refractivity (Wildman–Crippen MR) is 92.7 cm³/mol. The van der Waals surface area contributed by atoms with E-state index in [1.54, 1.807) is 20.8 Å². The average Bonchev–Trinajstić information content (AvgIpc) is 2.84. The number of rotatable bonds is 4. The van der Waals surface area contributed by atoms with Gasteiger partial charge in [0.2, 0.25) is 0 Å². The maximum Gasteiger partial charge on any atom is 0.408 e. The molecule has 0 aromatic heterocycles. The van der Waals surface area contributed by atoms with Crippen molar-refractivity contribution in [3.05, 3.63) is 39.9 Å². The van der Waals surface area contributed by atoms with Crippen molar-refractivity contribution in [1.82, 2.24) is 5.32 Å². The number of hydrogen-bond donors (Lipinski definition) is 2. The first kappa shape index (κ1) is 19.6. The fourth-order valence-corrected chi connectivity index (χ4v) is 2.70. The lowest BCUT2D eigenvalue weighted by molar-refractivity contribution is -0.384. The van der Waals surface area contributed by atoms with Crippen LogP contribution in [0.4, 0.5) is 10.5 Å². The second kappa shape index (κ2) is 7.69. The lowest BCUT2D eigenvalue weighted by Crippen LogP contribution is -2.44. The SMILES string of the molecule is CC(C)(C)OC(=O)N[C@H]1C[C@@H](N)CC1OC(=O)c1ccc([N+](=O)[O-])cc1. The molecule has 0 heterocycles. The molecule has 1 fully saturated rings. The molecule has 3 N–H and O–H groups in total. The summed E-state index contributed by atoms with van der Waals surface area (Å²) in [6, 6.07) is 4.43. The summed E-state index contributed by atoms with van der Waals surface area (Å²) in [6.07, 6.45) is -0.343. The number of nitro benzene ring substituents is 1. The summed E-state index contributed by atoms with van der Waals surface area (Å²) >= 11 is 0. The number of nitro groups is 1. The molecule has 1 amide bonds. The molecule has 9 nitrogen and oxygen atoms in total. The zero-order valence-electron chi connectivity index (χ0n) is 14.9. The summed E-state index contributed by atoms with van der Waals surface area (Å²) in [6.45, 7) is 5.25. The highest BCUT2D eigenvalue weighted by molar-refractivity contribution is 5.89. The molecule has 9 heteroatoms. The molecular weight excluding hydrogens is 342 g/mol. The van der Waals surface area contributed by atoms with E-state index in [4.69, 9.17) is 15.2 Å². The minimum absolute atomic E-state index is 0.117. The van der Waals surface area contributed by atoms with Gasteiger partial charge in [0.05, 0.1) is 16.5 Å². The van der Waals surface area contributed by atoms with Crippen LogP contribution in [-0.4, -0.2) is 40.8 Å². The fraction of sp³-hybridized carbons (Fsp3) is 0.529. The Bertz CT molecular complexity index is 683. The summed E-state index contributed by atoms with van der Waals surface area (Å²) in [5.74, 6) is -0.630. The van der Waals surface area contributed by atoms with Gasteiger partial charge in [0.1, 0.15) is 11.7 Å². The smallest absolute Gasteiger partial charge is 0.408 e. The molecule has 0 saturated heterocycles. The van der Waals surface area contributed by atoms with Crippen LogP contribution in [0.2, 0.25) is 0 Å². The Morgan fingerprint density at radius 3 is 2.38 bits per heavy atom. The van der Waals surface area contributed by atoms with Crippen LogP contribution in [0.1, 0.15) is 44.0 Å². The van der Waals surface area contributed by atoms with Crippen molar-refractivity contribution in [2.24, 2.45) is 5.73 Å². The Hall–Kier alpha value is -2.68. The van der Waals surface area contributed by atoms with Crippen LogP contribution < -0.4 is 11.1 Å². The molecule has 0 bridgehead atoms. The van der Waals surface area contributed by atoms with Crippen molar-refractivity contribution >= 4 is 17.7 Å². The lowest BCUT2D eigenvalue weighted by atomic mass is 10.2. The van der Waals surface area contributed by atoms with Crippen LogP contribution in [0.3, 0.4) is 0 Å². The zero-order valence-corrected chi connectivity index (χ0v) is 14.9. The van der Waals surface area contributed by atoms with Gasteiger partial charge in [-0.3, -0.25) is 10.1 Å². The fourth-order valence-electron chi connectivity index (χ4n) is 2.70. The number of benzene rings is 1. The maximum atomic E-state index is 12.3. The number of amides is 1. The third kappa shape index (κ3) is 5.41. The molecule has 1 unspecified atom stereocenters. The van der Waals surface area contributed by atoms with Crippen LogP contribution in [0.25, 0.3) is 0 Å². The van der Waals surface area contributed by atoms with Crippen molar-refractivity contribution in [3.8, 4) is 0 Å². The van der Waals surface area contributed by atoms with E-state index in [1.165, 1.54) is 24.3 Å². The van der Waals surface area contributed by atoms with E-state index in [2.05, 4.69) is 5.32 Å². The number of carbonyl (C=O) groups excluding carboxylic acids is 2. The molecule has 1 aromatic rings. The number of alkyl carbamates (subject to hydrolysis) is 1. The highest BCUT2D eigenvalue weighted by Gasteiger charge is 2.37. The van der Waals surface area contributed by atoms with E-state index in [1.807, 2.05) is 0 Å². The van der Waals surface area contributed by atoms with E-state index < -0.39 is 34.7 Å². The van der Waals surface area contributed by atoms with Crippen molar-refractivity contribution in [3.63, 3.8) is 0 Å². The van der Waals surface area contributed by atoms with Gasteiger partial charge in [-0.15, -0.1) is 0 Å². The highest BCUT2D eigenvalue weighted by atomic mass is 16.6. The topological polar surface area (TPSA) is 134 Å². The van der Waals surface area contributed by atoms with Gasteiger partial charge < -0.3 is 20.5 Å². The summed E-state index contributed by atoms with van der Waals surface area (Å²) < 4.78 is 10.7. The van der Waals surface area contributed by atoms with E-state index in [-0.39, 0.29) is 17.3 Å². The molecular formula is C17H23N3O6. The second-order valence-electron chi connectivity index (χ2n) is 7.23.